The number of halogens is 1. The lowest BCUT2D eigenvalue weighted by atomic mass is 10.1. The van der Waals surface area contributed by atoms with E-state index in [1.165, 1.54) is 18.2 Å². The van der Waals surface area contributed by atoms with E-state index in [1.54, 1.807) is 24.3 Å². The number of hydrogen-bond acceptors (Lipinski definition) is 4. The summed E-state index contributed by atoms with van der Waals surface area (Å²) in [5, 5.41) is 9.84. The summed E-state index contributed by atoms with van der Waals surface area (Å²) in [4.78, 5) is 15.4. The highest BCUT2D eigenvalue weighted by Gasteiger charge is 2.07. The van der Waals surface area contributed by atoms with E-state index in [2.05, 4.69) is 20.5 Å². The first kappa shape index (κ1) is 16.1. The zero-order valence-electron chi connectivity index (χ0n) is 12.1. The lowest BCUT2D eigenvalue weighted by molar-refractivity contribution is 0.0944. The SMILES string of the molecule is N/C=N\N=C(/N)c1ccc(CNC(=O)c2cccc(F)n2)cc1. The number of amides is 1. The molecule has 0 saturated heterocycles. The maximum atomic E-state index is 13.0. The fourth-order valence-electron chi connectivity index (χ4n) is 1.75. The topological polar surface area (TPSA) is 119 Å². The Labute approximate surface area is 131 Å². The van der Waals surface area contributed by atoms with Gasteiger partial charge >= 0.3 is 0 Å². The van der Waals surface area contributed by atoms with Crippen LogP contribution >= 0.6 is 0 Å². The van der Waals surface area contributed by atoms with Gasteiger partial charge < -0.3 is 16.8 Å². The number of nitrogens with zero attached hydrogens (tertiary/aromatic N) is 3. The number of aromatic nitrogens is 1. The Kier molecular flexibility index (Phi) is 5.35. The Morgan fingerprint density at radius 3 is 2.65 bits per heavy atom. The minimum absolute atomic E-state index is 0.0256. The molecule has 0 aliphatic carbocycles. The second-order valence-corrected chi connectivity index (χ2v) is 4.47. The van der Waals surface area contributed by atoms with Crippen LogP contribution < -0.4 is 16.8 Å². The molecule has 0 fully saturated rings. The zero-order valence-corrected chi connectivity index (χ0v) is 12.1. The van der Waals surface area contributed by atoms with Gasteiger partial charge in [-0.1, -0.05) is 30.3 Å². The van der Waals surface area contributed by atoms with Gasteiger partial charge in [-0.3, -0.25) is 4.79 Å². The van der Waals surface area contributed by atoms with Gasteiger partial charge in [-0.25, -0.2) is 4.98 Å². The minimum Gasteiger partial charge on any atom is -0.388 e. The first-order valence-electron chi connectivity index (χ1n) is 6.67. The van der Waals surface area contributed by atoms with E-state index in [1.807, 2.05) is 0 Å². The second-order valence-electron chi connectivity index (χ2n) is 4.47. The molecule has 0 atom stereocenters. The van der Waals surface area contributed by atoms with Crippen LogP contribution in [0.4, 0.5) is 4.39 Å². The van der Waals surface area contributed by atoms with Gasteiger partial charge in [0.15, 0.2) is 5.84 Å². The van der Waals surface area contributed by atoms with E-state index >= 15 is 0 Å². The van der Waals surface area contributed by atoms with E-state index in [-0.39, 0.29) is 18.1 Å². The first-order chi connectivity index (χ1) is 11.1. The van der Waals surface area contributed by atoms with Crippen LogP contribution in [0.15, 0.2) is 52.7 Å². The number of benzene rings is 1. The molecule has 1 heterocycles. The molecule has 0 unspecified atom stereocenters. The van der Waals surface area contributed by atoms with E-state index in [0.29, 0.717) is 5.56 Å². The molecule has 0 bridgehead atoms. The first-order valence-corrected chi connectivity index (χ1v) is 6.67. The van der Waals surface area contributed by atoms with Gasteiger partial charge in [0, 0.05) is 12.1 Å². The van der Waals surface area contributed by atoms with Crippen molar-refractivity contribution in [2.75, 3.05) is 0 Å². The molecule has 5 N–H and O–H groups in total. The largest absolute Gasteiger partial charge is 0.388 e. The van der Waals surface area contributed by atoms with Crippen molar-refractivity contribution in [3.05, 3.63) is 65.2 Å². The highest BCUT2D eigenvalue weighted by Crippen LogP contribution is 2.05. The maximum absolute atomic E-state index is 13.0. The van der Waals surface area contributed by atoms with Gasteiger partial charge in [0.1, 0.15) is 12.0 Å². The number of pyridine rings is 1. The zero-order chi connectivity index (χ0) is 16.7. The van der Waals surface area contributed by atoms with Crippen LogP contribution in [0.5, 0.6) is 0 Å². The highest BCUT2D eigenvalue weighted by atomic mass is 19.1. The van der Waals surface area contributed by atoms with Crippen LogP contribution in [0.1, 0.15) is 21.6 Å². The Bertz CT molecular complexity index is 742. The molecule has 0 aliphatic heterocycles. The molecule has 1 amide bonds. The predicted molar refractivity (Wildman–Crippen MR) is 85.2 cm³/mol. The Morgan fingerprint density at radius 1 is 1.26 bits per heavy atom. The molecule has 118 valence electrons. The molecular formula is C15H15FN6O. The van der Waals surface area contributed by atoms with E-state index < -0.39 is 11.9 Å². The summed E-state index contributed by atoms with van der Waals surface area (Å²) in [5.41, 5.74) is 12.3. The van der Waals surface area contributed by atoms with Crippen molar-refractivity contribution in [3.63, 3.8) is 0 Å². The normalized spacial score (nSPS) is 11.6. The lowest BCUT2D eigenvalue weighted by Crippen LogP contribution is -2.24. The molecule has 2 rings (SSSR count). The third-order valence-corrected chi connectivity index (χ3v) is 2.88. The van der Waals surface area contributed by atoms with E-state index in [0.717, 1.165) is 11.9 Å². The Balaban J connectivity index is 1.97. The Morgan fingerprint density at radius 2 is 2.00 bits per heavy atom. The second kappa shape index (κ2) is 7.64. The molecule has 0 radical (unpaired) electrons. The van der Waals surface area contributed by atoms with Crippen molar-refractivity contribution < 1.29 is 9.18 Å². The number of rotatable bonds is 5. The average molecular weight is 314 g/mol. The number of nitrogens with two attached hydrogens (primary N) is 2. The summed E-state index contributed by atoms with van der Waals surface area (Å²) in [5.74, 6) is -0.921. The summed E-state index contributed by atoms with van der Waals surface area (Å²) in [6, 6.07) is 11.1. The number of carbonyl (C=O) groups is 1. The van der Waals surface area contributed by atoms with Crippen LogP contribution in [0, 0.1) is 5.95 Å². The van der Waals surface area contributed by atoms with Crippen LogP contribution in [-0.2, 0) is 6.54 Å². The molecule has 1 aromatic carbocycles. The van der Waals surface area contributed by atoms with Gasteiger partial charge in [0.05, 0.1) is 0 Å². The van der Waals surface area contributed by atoms with E-state index in [9.17, 15) is 9.18 Å². The summed E-state index contributed by atoms with van der Waals surface area (Å²) in [6.07, 6.45) is 1.04. The van der Waals surface area contributed by atoms with Crippen LogP contribution in [0.2, 0.25) is 0 Å². The van der Waals surface area contributed by atoms with Gasteiger partial charge in [-0.05, 0) is 17.7 Å². The maximum Gasteiger partial charge on any atom is 0.270 e. The fourth-order valence-corrected chi connectivity index (χ4v) is 1.75. The minimum atomic E-state index is -0.697. The van der Waals surface area contributed by atoms with Gasteiger partial charge in [-0.15, -0.1) is 10.2 Å². The quantitative estimate of drug-likeness (QED) is 0.327. The van der Waals surface area contributed by atoms with Crippen LogP contribution in [0.25, 0.3) is 0 Å². The van der Waals surface area contributed by atoms with Crippen molar-refractivity contribution in [2.45, 2.75) is 6.54 Å². The lowest BCUT2D eigenvalue weighted by Gasteiger charge is -2.06. The smallest absolute Gasteiger partial charge is 0.270 e. The molecule has 2 aromatic rings. The molecule has 0 saturated carbocycles. The van der Waals surface area contributed by atoms with Crippen LogP contribution in [-0.4, -0.2) is 23.1 Å². The van der Waals surface area contributed by atoms with Crippen molar-refractivity contribution in [3.8, 4) is 0 Å². The van der Waals surface area contributed by atoms with Crippen molar-refractivity contribution >= 4 is 18.1 Å². The summed E-state index contributed by atoms with van der Waals surface area (Å²) >= 11 is 0. The molecule has 1 aromatic heterocycles. The van der Waals surface area contributed by atoms with Crippen molar-refractivity contribution in [1.82, 2.24) is 10.3 Å². The summed E-state index contributed by atoms with van der Waals surface area (Å²) in [6.45, 7) is 0.273. The standard InChI is InChI=1S/C15H15FN6O/c16-13-3-1-2-12(21-13)15(23)19-8-10-4-6-11(7-5-10)14(18)22-20-9-17/h1-7,9H,8H2,(H2,17,20)(H2,18,22)(H,19,23). The molecular weight excluding hydrogens is 299 g/mol. The summed E-state index contributed by atoms with van der Waals surface area (Å²) in [7, 11) is 0. The molecule has 8 heteroatoms. The number of hydrogen-bond donors (Lipinski definition) is 3. The van der Waals surface area contributed by atoms with Crippen molar-refractivity contribution in [1.29, 1.82) is 0 Å². The molecule has 0 spiro atoms. The van der Waals surface area contributed by atoms with Gasteiger partial charge in [0.2, 0.25) is 5.95 Å². The van der Waals surface area contributed by atoms with Crippen molar-refractivity contribution in [2.24, 2.45) is 21.7 Å². The average Bonchev–Trinajstić information content (AvgIpc) is 2.58. The Hall–Kier alpha value is -3.29. The number of amidine groups is 1. The predicted octanol–water partition coefficient (Wildman–Crippen LogP) is 0.758. The third-order valence-electron chi connectivity index (χ3n) is 2.88. The molecule has 23 heavy (non-hydrogen) atoms. The van der Waals surface area contributed by atoms with Gasteiger partial charge in [-0.2, -0.15) is 4.39 Å². The highest BCUT2D eigenvalue weighted by molar-refractivity contribution is 5.97. The van der Waals surface area contributed by atoms with E-state index in [4.69, 9.17) is 11.5 Å². The number of nitrogens with one attached hydrogen (secondary N) is 1. The molecule has 0 aliphatic rings. The summed E-state index contributed by atoms with van der Waals surface area (Å²) < 4.78 is 13.0. The van der Waals surface area contributed by atoms with Gasteiger partial charge in [0.25, 0.3) is 5.91 Å². The van der Waals surface area contributed by atoms with Crippen LogP contribution in [0.3, 0.4) is 0 Å². The monoisotopic (exact) mass is 314 g/mol. The number of carbonyl (C=O) groups excluding carboxylic acids is 1. The third kappa shape index (κ3) is 4.60. The molecule has 7 nitrogen and oxygen atoms in total. The fraction of sp³-hybridized carbons (Fsp3) is 0.0667.